The Hall–Kier alpha value is -2.56. The summed E-state index contributed by atoms with van der Waals surface area (Å²) in [5.74, 6) is 0. The Kier molecular flexibility index (Phi) is 5.72. The molecule has 0 unspecified atom stereocenters. The van der Waals surface area contributed by atoms with E-state index in [0.717, 1.165) is 22.5 Å². The second kappa shape index (κ2) is 8.09. The minimum Gasteiger partial charge on any atom is -0.223 e. The maximum absolute atomic E-state index is 6.10. The van der Waals surface area contributed by atoms with Crippen LogP contribution in [0, 0.1) is 0 Å². The molecule has 0 aliphatic carbocycles. The van der Waals surface area contributed by atoms with Crippen LogP contribution in [0.25, 0.3) is 33.8 Å². The highest BCUT2D eigenvalue weighted by molar-refractivity contribution is 6.40. The quantitative estimate of drug-likeness (QED) is 0.305. The van der Waals surface area contributed by atoms with Gasteiger partial charge in [-0.15, -0.1) is 0 Å². The molecule has 0 bridgehead atoms. The molecular weight excluding hydrogens is 439 g/mol. The molecule has 4 rings (SSSR count). The summed E-state index contributed by atoms with van der Waals surface area (Å²) >= 11 is 12.2. The number of halogens is 2. The van der Waals surface area contributed by atoms with Crippen LogP contribution in [0.3, 0.4) is 0 Å². The Morgan fingerprint density at radius 3 is 1.09 bits per heavy atom. The number of hydrogen-bond acceptors (Lipinski definition) is 4. The van der Waals surface area contributed by atoms with Crippen molar-refractivity contribution in [3.05, 3.63) is 70.0 Å². The van der Waals surface area contributed by atoms with Gasteiger partial charge in [-0.3, -0.25) is 0 Å². The molecule has 0 amide bonds. The molecule has 4 aromatic rings. The Morgan fingerprint density at radius 2 is 0.812 bits per heavy atom. The van der Waals surface area contributed by atoms with Gasteiger partial charge in [-0.1, -0.05) is 113 Å². The molecular formula is C26H26Cl2N4. The van der Waals surface area contributed by atoms with E-state index in [1.165, 1.54) is 11.1 Å². The van der Waals surface area contributed by atoms with Crippen molar-refractivity contribution in [1.29, 1.82) is 0 Å². The van der Waals surface area contributed by atoms with Crippen molar-refractivity contribution in [1.82, 2.24) is 19.9 Å². The van der Waals surface area contributed by atoms with Crippen LogP contribution in [0.1, 0.15) is 52.7 Å². The zero-order valence-corrected chi connectivity index (χ0v) is 20.7. The standard InChI is InChI=1S/C26H26Cl2N4/c1-25(2,3)17-11-7-15(8-12-17)19-20(16-9-13-18(14-10-16)26(4,5)6)30-24-23(29-19)31-21(27)22(28)32-24/h7-14H,1-6H3. The fourth-order valence-electron chi connectivity index (χ4n) is 3.50. The summed E-state index contributed by atoms with van der Waals surface area (Å²) in [5.41, 5.74) is 6.73. The van der Waals surface area contributed by atoms with Crippen LogP contribution in [0.2, 0.25) is 10.3 Å². The summed E-state index contributed by atoms with van der Waals surface area (Å²) in [5, 5.41) is 0.231. The number of rotatable bonds is 2. The Morgan fingerprint density at radius 1 is 0.500 bits per heavy atom. The van der Waals surface area contributed by atoms with Gasteiger partial charge in [0, 0.05) is 11.1 Å². The number of fused-ring (bicyclic) bond motifs is 1. The summed E-state index contributed by atoms with van der Waals surface area (Å²) in [6, 6.07) is 16.8. The number of aromatic nitrogens is 4. The molecule has 164 valence electrons. The zero-order chi connectivity index (χ0) is 23.3. The lowest BCUT2D eigenvalue weighted by molar-refractivity contribution is 0.590. The largest absolute Gasteiger partial charge is 0.223 e. The van der Waals surface area contributed by atoms with E-state index in [0.29, 0.717) is 11.3 Å². The molecule has 0 N–H and O–H groups in total. The second-order valence-corrected chi connectivity index (χ2v) is 10.7. The molecule has 0 spiro atoms. The van der Waals surface area contributed by atoms with Crippen LogP contribution in [0.4, 0.5) is 0 Å². The summed E-state index contributed by atoms with van der Waals surface area (Å²) in [6.45, 7) is 13.2. The van der Waals surface area contributed by atoms with Gasteiger partial charge in [0.15, 0.2) is 21.6 Å². The van der Waals surface area contributed by atoms with E-state index in [1.807, 2.05) is 0 Å². The van der Waals surface area contributed by atoms with E-state index in [2.05, 4.69) is 100 Å². The van der Waals surface area contributed by atoms with E-state index in [1.54, 1.807) is 0 Å². The van der Waals surface area contributed by atoms with Crippen molar-refractivity contribution in [2.45, 2.75) is 52.4 Å². The first-order valence-electron chi connectivity index (χ1n) is 10.6. The first-order chi connectivity index (χ1) is 14.9. The van der Waals surface area contributed by atoms with Gasteiger partial charge in [-0.25, -0.2) is 19.9 Å². The first-order valence-corrected chi connectivity index (χ1v) is 11.3. The van der Waals surface area contributed by atoms with Crippen molar-refractivity contribution in [2.24, 2.45) is 0 Å². The molecule has 0 fully saturated rings. The fraction of sp³-hybridized carbons (Fsp3) is 0.308. The topological polar surface area (TPSA) is 51.6 Å². The molecule has 0 aliphatic heterocycles. The van der Waals surface area contributed by atoms with Gasteiger partial charge in [-0.2, -0.15) is 0 Å². The smallest absolute Gasteiger partial charge is 0.199 e. The summed E-state index contributed by atoms with van der Waals surface area (Å²) in [4.78, 5) is 18.2. The van der Waals surface area contributed by atoms with Crippen molar-refractivity contribution >= 4 is 34.5 Å². The lowest BCUT2D eigenvalue weighted by Crippen LogP contribution is -2.11. The lowest BCUT2D eigenvalue weighted by Gasteiger charge is -2.20. The van der Waals surface area contributed by atoms with E-state index >= 15 is 0 Å². The van der Waals surface area contributed by atoms with E-state index < -0.39 is 0 Å². The van der Waals surface area contributed by atoms with Gasteiger partial charge in [0.1, 0.15) is 0 Å². The van der Waals surface area contributed by atoms with E-state index in [9.17, 15) is 0 Å². The van der Waals surface area contributed by atoms with Gasteiger partial charge < -0.3 is 0 Å². The van der Waals surface area contributed by atoms with Crippen LogP contribution in [0.15, 0.2) is 48.5 Å². The summed E-state index contributed by atoms with van der Waals surface area (Å²) in [6.07, 6.45) is 0. The molecule has 6 heteroatoms. The molecule has 32 heavy (non-hydrogen) atoms. The highest BCUT2D eigenvalue weighted by Gasteiger charge is 2.19. The molecule has 2 aromatic carbocycles. The van der Waals surface area contributed by atoms with Gasteiger partial charge in [0.25, 0.3) is 0 Å². The fourth-order valence-corrected chi connectivity index (χ4v) is 3.75. The molecule has 0 radical (unpaired) electrons. The first kappa shape index (κ1) is 22.6. The highest BCUT2D eigenvalue weighted by atomic mass is 35.5. The Labute approximate surface area is 199 Å². The van der Waals surface area contributed by atoms with E-state index in [4.69, 9.17) is 33.2 Å². The Balaban J connectivity index is 1.93. The van der Waals surface area contributed by atoms with E-state index in [-0.39, 0.29) is 21.1 Å². The zero-order valence-electron chi connectivity index (χ0n) is 19.2. The second-order valence-electron chi connectivity index (χ2n) is 10.0. The van der Waals surface area contributed by atoms with Crippen LogP contribution in [-0.2, 0) is 10.8 Å². The minimum atomic E-state index is 0.0644. The van der Waals surface area contributed by atoms with Crippen LogP contribution < -0.4 is 0 Å². The Bertz CT molecular complexity index is 1180. The predicted octanol–water partition coefficient (Wildman–Crippen LogP) is 7.66. The third-order valence-electron chi connectivity index (χ3n) is 5.49. The number of hydrogen-bond donors (Lipinski definition) is 0. The summed E-state index contributed by atoms with van der Waals surface area (Å²) in [7, 11) is 0. The maximum atomic E-state index is 6.10. The molecule has 0 aliphatic rings. The number of benzene rings is 2. The molecule has 0 saturated heterocycles. The van der Waals surface area contributed by atoms with Crippen LogP contribution in [-0.4, -0.2) is 19.9 Å². The van der Waals surface area contributed by atoms with Gasteiger partial charge >= 0.3 is 0 Å². The molecule has 2 heterocycles. The molecule has 0 saturated carbocycles. The van der Waals surface area contributed by atoms with Gasteiger partial charge in [-0.05, 0) is 22.0 Å². The number of nitrogens with zero attached hydrogens (tertiary/aromatic N) is 4. The monoisotopic (exact) mass is 464 g/mol. The highest BCUT2D eigenvalue weighted by Crippen LogP contribution is 2.34. The van der Waals surface area contributed by atoms with Crippen LogP contribution in [0.5, 0.6) is 0 Å². The summed E-state index contributed by atoms with van der Waals surface area (Å²) < 4.78 is 0. The van der Waals surface area contributed by atoms with Gasteiger partial charge in [0.05, 0.1) is 11.4 Å². The lowest BCUT2D eigenvalue weighted by atomic mass is 9.86. The molecule has 4 nitrogen and oxygen atoms in total. The SMILES string of the molecule is CC(C)(C)c1ccc(-c2nc3nc(Cl)c(Cl)nc3nc2-c2ccc(C(C)(C)C)cc2)cc1. The predicted molar refractivity (Wildman–Crippen MR) is 133 cm³/mol. The molecule has 2 aromatic heterocycles. The normalized spacial score (nSPS) is 12.4. The van der Waals surface area contributed by atoms with Crippen molar-refractivity contribution in [3.8, 4) is 22.5 Å². The van der Waals surface area contributed by atoms with Crippen molar-refractivity contribution in [2.75, 3.05) is 0 Å². The average molecular weight is 465 g/mol. The third-order valence-corrected chi connectivity index (χ3v) is 6.11. The van der Waals surface area contributed by atoms with Crippen LogP contribution >= 0.6 is 23.2 Å². The molecule has 0 atom stereocenters. The average Bonchev–Trinajstić information content (AvgIpc) is 2.73. The maximum Gasteiger partial charge on any atom is 0.199 e. The van der Waals surface area contributed by atoms with Crippen molar-refractivity contribution in [3.63, 3.8) is 0 Å². The van der Waals surface area contributed by atoms with Gasteiger partial charge in [0.2, 0.25) is 0 Å². The third kappa shape index (κ3) is 4.48. The minimum absolute atomic E-state index is 0.0644. The van der Waals surface area contributed by atoms with Crippen molar-refractivity contribution < 1.29 is 0 Å².